The lowest BCUT2D eigenvalue weighted by Crippen LogP contribution is -2.07. The van der Waals surface area contributed by atoms with Gasteiger partial charge in [-0.2, -0.15) is 13.2 Å². The molecule has 1 heterocycles. The summed E-state index contributed by atoms with van der Waals surface area (Å²) in [6.07, 6.45) is -1.37. The summed E-state index contributed by atoms with van der Waals surface area (Å²) in [6, 6.07) is 18.0. The number of hydrogen-bond donors (Lipinski definition) is 1. The molecule has 0 fully saturated rings. The van der Waals surface area contributed by atoms with Crippen molar-refractivity contribution in [2.24, 2.45) is 0 Å². The Balaban J connectivity index is 2.15. The number of alkyl halides is 3. The summed E-state index contributed by atoms with van der Waals surface area (Å²) in [4.78, 5) is 4.19. The Bertz CT molecular complexity index is 1230. The van der Waals surface area contributed by atoms with E-state index in [-0.39, 0.29) is 11.3 Å². The van der Waals surface area contributed by atoms with Gasteiger partial charge in [-0.1, -0.05) is 61.2 Å². The van der Waals surface area contributed by atoms with Gasteiger partial charge in [0, 0.05) is 22.7 Å². The summed E-state index contributed by atoms with van der Waals surface area (Å²) >= 11 is 0. The molecule has 0 aliphatic rings. The minimum absolute atomic E-state index is 0.0300. The van der Waals surface area contributed by atoms with Crippen LogP contribution in [0.3, 0.4) is 0 Å². The smallest absolute Gasteiger partial charge is 0.418 e. The SMILES string of the molecule is C=Cc1ccccc1-c1cnc2c(C(F)(F)F)cccc2c1-c1cccc(O)c1. The van der Waals surface area contributed by atoms with Crippen molar-refractivity contribution in [3.63, 3.8) is 0 Å². The summed E-state index contributed by atoms with van der Waals surface area (Å²) in [6.45, 7) is 3.83. The molecule has 0 aliphatic carbocycles. The quantitative estimate of drug-likeness (QED) is 0.410. The third-order valence-electron chi connectivity index (χ3n) is 4.81. The van der Waals surface area contributed by atoms with Gasteiger partial charge in [-0.15, -0.1) is 0 Å². The van der Waals surface area contributed by atoms with E-state index in [1.54, 1.807) is 24.3 Å². The fourth-order valence-corrected chi connectivity index (χ4v) is 3.55. The van der Waals surface area contributed by atoms with E-state index in [0.29, 0.717) is 22.1 Å². The molecular formula is C24H16F3NO. The third kappa shape index (κ3) is 3.36. The average molecular weight is 391 g/mol. The number of para-hydroxylation sites is 1. The Morgan fingerprint density at radius 1 is 0.897 bits per heavy atom. The molecule has 3 aromatic carbocycles. The van der Waals surface area contributed by atoms with Gasteiger partial charge in [-0.25, -0.2) is 0 Å². The molecule has 0 saturated carbocycles. The zero-order chi connectivity index (χ0) is 20.6. The van der Waals surface area contributed by atoms with Crippen LogP contribution in [0.15, 0.2) is 79.5 Å². The van der Waals surface area contributed by atoms with Crippen molar-refractivity contribution in [3.05, 3.63) is 90.6 Å². The number of benzene rings is 3. The van der Waals surface area contributed by atoms with E-state index >= 15 is 0 Å². The molecule has 29 heavy (non-hydrogen) atoms. The van der Waals surface area contributed by atoms with E-state index in [9.17, 15) is 18.3 Å². The zero-order valence-corrected chi connectivity index (χ0v) is 15.2. The standard InChI is InChI=1S/C24H16F3NO/c1-2-15-7-3-4-10-18(15)20-14-28-23-19(11-6-12-21(23)24(25,26)27)22(20)16-8-5-9-17(29)13-16/h2-14,29H,1H2. The van der Waals surface area contributed by atoms with Crippen LogP contribution in [0, 0.1) is 0 Å². The lowest BCUT2D eigenvalue weighted by molar-refractivity contribution is -0.136. The van der Waals surface area contributed by atoms with Crippen molar-refractivity contribution in [1.29, 1.82) is 0 Å². The molecule has 0 spiro atoms. The minimum atomic E-state index is -4.52. The van der Waals surface area contributed by atoms with Crippen LogP contribution in [0.2, 0.25) is 0 Å². The normalized spacial score (nSPS) is 11.6. The highest BCUT2D eigenvalue weighted by molar-refractivity contribution is 6.04. The van der Waals surface area contributed by atoms with Crippen LogP contribution in [0.1, 0.15) is 11.1 Å². The first kappa shape index (κ1) is 18.7. The second-order valence-electron chi connectivity index (χ2n) is 6.59. The minimum Gasteiger partial charge on any atom is -0.508 e. The highest BCUT2D eigenvalue weighted by Gasteiger charge is 2.33. The fourth-order valence-electron chi connectivity index (χ4n) is 3.55. The average Bonchev–Trinajstić information content (AvgIpc) is 2.71. The maximum atomic E-state index is 13.6. The number of phenols is 1. The van der Waals surface area contributed by atoms with Crippen LogP contribution >= 0.6 is 0 Å². The third-order valence-corrected chi connectivity index (χ3v) is 4.81. The first-order valence-corrected chi connectivity index (χ1v) is 8.90. The van der Waals surface area contributed by atoms with Crippen LogP contribution < -0.4 is 0 Å². The molecule has 0 aliphatic heterocycles. The van der Waals surface area contributed by atoms with E-state index in [2.05, 4.69) is 11.6 Å². The molecule has 0 bridgehead atoms. The Hall–Kier alpha value is -3.60. The predicted molar refractivity (Wildman–Crippen MR) is 109 cm³/mol. The first-order valence-electron chi connectivity index (χ1n) is 8.90. The molecule has 144 valence electrons. The highest BCUT2D eigenvalue weighted by atomic mass is 19.4. The van der Waals surface area contributed by atoms with Crippen molar-refractivity contribution in [2.45, 2.75) is 6.18 Å². The predicted octanol–water partition coefficient (Wildman–Crippen LogP) is 6.94. The van der Waals surface area contributed by atoms with E-state index < -0.39 is 11.7 Å². The number of halogens is 3. The summed E-state index contributed by atoms with van der Waals surface area (Å²) in [7, 11) is 0. The lowest BCUT2D eigenvalue weighted by atomic mass is 9.89. The van der Waals surface area contributed by atoms with Crippen molar-refractivity contribution in [1.82, 2.24) is 4.98 Å². The maximum absolute atomic E-state index is 13.6. The fraction of sp³-hybridized carbons (Fsp3) is 0.0417. The lowest BCUT2D eigenvalue weighted by Gasteiger charge is -2.17. The largest absolute Gasteiger partial charge is 0.508 e. The molecule has 1 aromatic heterocycles. The second-order valence-corrected chi connectivity index (χ2v) is 6.59. The number of pyridine rings is 1. The van der Waals surface area contributed by atoms with E-state index in [0.717, 1.165) is 17.2 Å². The molecule has 4 rings (SSSR count). The van der Waals surface area contributed by atoms with Crippen molar-refractivity contribution in [2.75, 3.05) is 0 Å². The summed E-state index contributed by atoms with van der Waals surface area (Å²) in [5.74, 6) is 0.0300. The molecule has 0 unspecified atom stereocenters. The molecule has 5 heteroatoms. The molecular weight excluding hydrogens is 375 g/mol. The Labute approximate surface area is 165 Å². The highest BCUT2D eigenvalue weighted by Crippen LogP contribution is 2.42. The van der Waals surface area contributed by atoms with Gasteiger partial charge >= 0.3 is 6.18 Å². The number of fused-ring (bicyclic) bond motifs is 1. The molecule has 0 radical (unpaired) electrons. The van der Waals surface area contributed by atoms with Gasteiger partial charge in [0.2, 0.25) is 0 Å². The van der Waals surface area contributed by atoms with E-state index in [4.69, 9.17) is 0 Å². The Morgan fingerprint density at radius 3 is 2.38 bits per heavy atom. The van der Waals surface area contributed by atoms with E-state index in [1.807, 2.05) is 24.3 Å². The van der Waals surface area contributed by atoms with Gasteiger partial charge < -0.3 is 5.11 Å². The van der Waals surface area contributed by atoms with Gasteiger partial charge in [0.1, 0.15) is 5.75 Å². The molecule has 2 nitrogen and oxygen atoms in total. The van der Waals surface area contributed by atoms with Crippen LogP contribution in [0.4, 0.5) is 13.2 Å². The summed E-state index contributed by atoms with van der Waals surface area (Å²) < 4.78 is 40.7. The number of aromatic hydroxyl groups is 1. The van der Waals surface area contributed by atoms with Crippen molar-refractivity contribution < 1.29 is 18.3 Å². The van der Waals surface area contributed by atoms with Gasteiger partial charge in [0.25, 0.3) is 0 Å². The van der Waals surface area contributed by atoms with Crippen molar-refractivity contribution in [3.8, 4) is 28.0 Å². The molecule has 0 atom stereocenters. The maximum Gasteiger partial charge on any atom is 0.418 e. The second kappa shape index (κ2) is 7.09. The monoisotopic (exact) mass is 391 g/mol. The number of hydrogen-bond acceptors (Lipinski definition) is 2. The molecule has 0 saturated heterocycles. The van der Waals surface area contributed by atoms with Gasteiger partial charge in [-0.3, -0.25) is 4.98 Å². The van der Waals surface area contributed by atoms with Crippen LogP contribution in [0.25, 0.3) is 39.2 Å². The number of phenolic OH excluding ortho intramolecular Hbond substituents is 1. The number of nitrogens with zero attached hydrogens (tertiary/aromatic N) is 1. The topological polar surface area (TPSA) is 33.1 Å². The van der Waals surface area contributed by atoms with Crippen LogP contribution in [-0.4, -0.2) is 10.1 Å². The van der Waals surface area contributed by atoms with Gasteiger partial charge in [0.05, 0.1) is 11.1 Å². The Morgan fingerprint density at radius 2 is 1.66 bits per heavy atom. The van der Waals surface area contributed by atoms with Crippen LogP contribution in [0.5, 0.6) is 5.75 Å². The Kier molecular flexibility index (Phi) is 4.59. The van der Waals surface area contributed by atoms with Crippen molar-refractivity contribution >= 4 is 17.0 Å². The number of aromatic nitrogens is 1. The summed E-state index contributed by atoms with van der Waals surface area (Å²) in [5.41, 5.74) is 2.56. The molecule has 0 amide bonds. The molecule has 4 aromatic rings. The summed E-state index contributed by atoms with van der Waals surface area (Å²) in [5, 5.41) is 10.3. The zero-order valence-electron chi connectivity index (χ0n) is 15.2. The van der Waals surface area contributed by atoms with Gasteiger partial charge in [0.15, 0.2) is 0 Å². The molecule has 1 N–H and O–H groups in total. The first-order chi connectivity index (χ1) is 13.9. The van der Waals surface area contributed by atoms with Gasteiger partial charge in [-0.05, 0) is 34.9 Å². The van der Waals surface area contributed by atoms with E-state index in [1.165, 1.54) is 24.4 Å². The van der Waals surface area contributed by atoms with Crippen LogP contribution in [-0.2, 0) is 6.18 Å². The number of rotatable bonds is 3.